The fourth-order valence-electron chi connectivity index (χ4n) is 2.07. The number of amides is 1. The summed E-state index contributed by atoms with van der Waals surface area (Å²) in [6.45, 7) is 1.48. The molecule has 0 fully saturated rings. The van der Waals surface area contributed by atoms with Crippen LogP contribution < -0.4 is 5.32 Å². The lowest BCUT2D eigenvalue weighted by Crippen LogP contribution is -2.07. The van der Waals surface area contributed by atoms with Crippen LogP contribution in [0.1, 0.15) is 12.5 Å². The number of nitrogens with one attached hydrogen (secondary N) is 1. The van der Waals surface area contributed by atoms with Gasteiger partial charge in [-0.05, 0) is 34.2 Å². The SMILES string of the molecule is CC(=O)Nc1cccc(-n2nnnc2SCc2ccccc2)c1. The molecule has 116 valence electrons. The molecule has 3 rings (SSSR count). The van der Waals surface area contributed by atoms with Crippen LogP contribution in [0, 0.1) is 0 Å². The van der Waals surface area contributed by atoms with E-state index in [0.717, 1.165) is 11.4 Å². The minimum absolute atomic E-state index is 0.113. The van der Waals surface area contributed by atoms with Crippen molar-refractivity contribution in [3.8, 4) is 5.69 Å². The zero-order valence-corrected chi connectivity index (χ0v) is 13.3. The van der Waals surface area contributed by atoms with Crippen LogP contribution in [0.15, 0.2) is 59.8 Å². The Morgan fingerprint density at radius 3 is 2.78 bits per heavy atom. The first kappa shape index (κ1) is 15.2. The Bertz CT molecular complexity index is 803. The van der Waals surface area contributed by atoms with Gasteiger partial charge in [0.15, 0.2) is 0 Å². The molecule has 1 N–H and O–H groups in total. The molecule has 6 nitrogen and oxygen atoms in total. The molecule has 3 aromatic rings. The summed E-state index contributed by atoms with van der Waals surface area (Å²) in [4.78, 5) is 11.2. The number of thioether (sulfide) groups is 1. The summed E-state index contributed by atoms with van der Waals surface area (Å²) in [6.07, 6.45) is 0. The second-order valence-corrected chi connectivity index (χ2v) is 5.82. The maximum Gasteiger partial charge on any atom is 0.221 e. The Morgan fingerprint density at radius 2 is 2.00 bits per heavy atom. The molecule has 0 atom stereocenters. The van der Waals surface area contributed by atoms with Crippen molar-refractivity contribution in [1.29, 1.82) is 0 Å². The summed E-state index contributed by atoms with van der Waals surface area (Å²) >= 11 is 1.56. The number of hydrogen-bond acceptors (Lipinski definition) is 5. The molecule has 7 heteroatoms. The third-order valence-electron chi connectivity index (χ3n) is 3.06. The van der Waals surface area contributed by atoms with Gasteiger partial charge in [0.1, 0.15) is 0 Å². The maximum atomic E-state index is 11.2. The van der Waals surface area contributed by atoms with Crippen LogP contribution in [0.2, 0.25) is 0 Å². The summed E-state index contributed by atoms with van der Waals surface area (Å²) < 4.78 is 1.67. The van der Waals surface area contributed by atoms with E-state index >= 15 is 0 Å². The predicted molar refractivity (Wildman–Crippen MR) is 89.5 cm³/mol. The van der Waals surface area contributed by atoms with Crippen molar-refractivity contribution in [3.63, 3.8) is 0 Å². The third-order valence-corrected chi connectivity index (χ3v) is 4.05. The fraction of sp³-hybridized carbons (Fsp3) is 0.125. The number of tetrazole rings is 1. The van der Waals surface area contributed by atoms with E-state index in [1.54, 1.807) is 16.4 Å². The Labute approximate surface area is 137 Å². The summed E-state index contributed by atoms with van der Waals surface area (Å²) in [7, 11) is 0. The molecule has 0 saturated heterocycles. The summed E-state index contributed by atoms with van der Waals surface area (Å²) in [6, 6.07) is 17.6. The van der Waals surface area contributed by atoms with Crippen molar-refractivity contribution in [1.82, 2.24) is 20.2 Å². The minimum atomic E-state index is -0.113. The molecule has 1 aromatic heterocycles. The summed E-state index contributed by atoms with van der Waals surface area (Å²) in [5, 5.41) is 15.3. The molecule has 0 aliphatic carbocycles. The van der Waals surface area contributed by atoms with Crippen molar-refractivity contribution in [3.05, 3.63) is 60.2 Å². The highest BCUT2D eigenvalue weighted by Crippen LogP contribution is 2.23. The van der Waals surface area contributed by atoms with Crippen molar-refractivity contribution >= 4 is 23.4 Å². The second-order valence-electron chi connectivity index (χ2n) is 4.88. The molecule has 0 saturated carbocycles. The first-order valence-corrected chi connectivity index (χ1v) is 8.04. The van der Waals surface area contributed by atoms with Gasteiger partial charge in [0.05, 0.1) is 5.69 Å². The quantitative estimate of drug-likeness (QED) is 0.730. The van der Waals surface area contributed by atoms with E-state index in [0.29, 0.717) is 10.8 Å². The van der Waals surface area contributed by atoms with E-state index in [1.165, 1.54) is 12.5 Å². The Kier molecular flexibility index (Phi) is 4.68. The zero-order valence-electron chi connectivity index (χ0n) is 12.5. The molecule has 0 unspecified atom stereocenters. The van der Waals surface area contributed by atoms with E-state index in [9.17, 15) is 4.79 Å². The van der Waals surface area contributed by atoms with Gasteiger partial charge in [-0.3, -0.25) is 4.79 Å². The number of carbonyl (C=O) groups is 1. The van der Waals surface area contributed by atoms with Crippen LogP contribution in [0.5, 0.6) is 0 Å². The van der Waals surface area contributed by atoms with Gasteiger partial charge in [-0.1, -0.05) is 48.2 Å². The van der Waals surface area contributed by atoms with Gasteiger partial charge in [-0.25, -0.2) is 0 Å². The Hall–Kier alpha value is -2.67. The lowest BCUT2D eigenvalue weighted by atomic mass is 10.2. The summed E-state index contributed by atoms with van der Waals surface area (Å²) in [5.41, 5.74) is 2.72. The minimum Gasteiger partial charge on any atom is -0.326 e. The number of anilines is 1. The number of rotatable bonds is 5. The molecular weight excluding hydrogens is 310 g/mol. The van der Waals surface area contributed by atoms with Crippen LogP contribution in [0.3, 0.4) is 0 Å². The lowest BCUT2D eigenvalue weighted by Gasteiger charge is -2.07. The highest BCUT2D eigenvalue weighted by atomic mass is 32.2. The number of aromatic nitrogens is 4. The molecule has 0 spiro atoms. The Morgan fingerprint density at radius 1 is 1.17 bits per heavy atom. The molecular formula is C16H15N5OS. The number of nitrogens with zero attached hydrogens (tertiary/aromatic N) is 4. The fourth-order valence-corrected chi connectivity index (χ4v) is 2.92. The van der Waals surface area contributed by atoms with E-state index < -0.39 is 0 Å². The van der Waals surface area contributed by atoms with Gasteiger partial charge in [-0.2, -0.15) is 4.68 Å². The predicted octanol–water partition coefficient (Wildman–Crippen LogP) is 2.91. The number of benzene rings is 2. The van der Waals surface area contributed by atoms with Crippen LogP contribution in [0.4, 0.5) is 5.69 Å². The smallest absolute Gasteiger partial charge is 0.221 e. The average Bonchev–Trinajstić information content (AvgIpc) is 3.02. The van der Waals surface area contributed by atoms with Crippen LogP contribution >= 0.6 is 11.8 Å². The van der Waals surface area contributed by atoms with Crippen LogP contribution in [-0.4, -0.2) is 26.1 Å². The van der Waals surface area contributed by atoms with Crippen LogP contribution in [-0.2, 0) is 10.5 Å². The first-order valence-electron chi connectivity index (χ1n) is 7.05. The zero-order chi connectivity index (χ0) is 16.1. The van der Waals surface area contributed by atoms with E-state index in [1.807, 2.05) is 42.5 Å². The van der Waals surface area contributed by atoms with E-state index in [-0.39, 0.29) is 5.91 Å². The van der Waals surface area contributed by atoms with Crippen LogP contribution in [0.25, 0.3) is 5.69 Å². The third kappa shape index (κ3) is 3.95. The van der Waals surface area contributed by atoms with Gasteiger partial charge in [0, 0.05) is 18.4 Å². The van der Waals surface area contributed by atoms with Crippen molar-refractivity contribution in [2.45, 2.75) is 17.8 Å². The summed E-state index contributed by atoms with van der Waals surface area (Å²) in [5.74, 6) is 0.671. The molecule has 1 heterocycles. The monoisotopic (exact) mass is 325 g/mol. The number of hydrogen-bond donors (Lipinski definition) is 1. The van der Waals surface area contributed by atoms with E-state index in [4.69, 9.17) is 0 Å². The Balaban J connectivity index is 1.79. The first-order chi connectivity index (χ1) is 11.2. The molecule has 0 aliphatic heterocycles. The average molecular weight is 325 g/mol. The highest BCUT2D eigenvalue weighted by Gasteiger charge is 2.10. The molecule has 0 bridgehead atoms. The highest BCUT2D eigenvalue weighted by molar-refractivity contribution is 7.98. The normalized spacial score (nSPS) is 10.5. The largest absolute Gasteiger partial charge is 0.326 e. The molecule has 1 amide bonds. The standard InChI is InChI=1S/C16H15N5OS/c1-12(22)17-14-8-5-9-15(10-14)21-16(18-19-20-21)23-11-13-6-3-2-4-7-13/h2-10H,11H2,1H3,(H,17,22). The molecule has 2 aromatic carbocycles. The maximum absolute atomic E-state index is 11.2. The van der Waals surface area contributed by atoms with Gasteiger partial charge >= 0.3 is 0 Å². The van der Waals surface area contributed by atoms with Gasteiger partial charge < -0.3 is 5.32 Å². The molecule has 0 radical (unpaired) electrons. The lowest BCUT2D eigenvalue weighted by molar-refractivity contribution is -0.114. The topological polar surface area (TPSA) is 72.7 Å². The van der Waals surface area contributed by atoms with Gasteiger partial charge in [-0.15, -0.1) is 5.10 Å². The van der Waals surface area contributed by atoms with Crippen molar-refractivity contribution in [2.24, 2.45) is 0 Å². The number of carbonyl (C=O) groups excluding carboxylic acids is 1. The van der Waals surface area contributed by atoms with E-state index in [2.05, 4.69) is 33.0 Å². The second kappa shape index (κ2) is 7.06. The molecule has 0 aliphatic rings. The van der Waals surface area contributed by atoms with Gasteiger partial charge in [0.2, 0.25) is 11.1 Å². The van der Waals surface area contributed by atoms with Crippen molar-refractivity contribution in [2.75, 3.05) is 5.32 Å². The molecule has 23 heavy (non-hydrogen) atoms. The van der Waals surface area contributed by atoms with Crippen molar-refractivity contribution < 1.29 is 4.79 Å². The van der Waals surface area contributed by atoms with Gasteiger partial charge in [0.25, 0.3) is 0 Å².